The lowest BCUT2D eigenvalue weighted by atomic mass is 9.67. The van der Waals surface area contributed by atoms with Crippen LogP contribution in [-0.4, -0.2) is 12.2 Å². The summed E-state index contributed by atoms with van der Waals surface area (Å²) in [5.74, 6) is 5.19. The lowest BCUT2D eigenvalue weighted by Gasteiger charge is -2.36. The molecule has 1 saturated heterocycles. The first-order valence-corrected chi connectivity index (χ1v) is 8.64. The average Bonchev–Trinajstić information content (AvgIpc) is 2.84. The molecule has 21 heavy (non-hydrogen) atoms. The molecular weight excluding hydrogens is 258 g/mol. The van der Waals surface area contributed by atoms with Gasteiger partial charge in [0.05, 0.1) is 12.2 Å². The van der Waals surface area contributed by atoms with Gasteiger partial charge >= 0.3 is 0 Å². The SMILES string of the molecule is Cc1c(C)c2c(c(C)c1N)C1CC2C2C3CC(C4OC34)C12. The maximum Gasteiger partial charge on any atom is 0.0876 e. The van der Waals surface area contributed by atoms with Gasteiger partial charge in [-0.15, -0.1) is 0 Å². The van der Waals surface area contributed by atoms with E-state index < -0.39 is 0 Å². The lowest BCUT2D eigenvalue weighted by molar-refractivity contribution is 0.240. The van der Waals surface area contributed by atoms with Gasteiger partial charge < -0.3 is 10.5 Å². The van der Waals surface area contributed by atoms with Crippen molar-refractivity contribution in [3.05, 3.63) is 27.8 Å². The van der Waals surface area contributed by atoms with E-state index in [0.717, 1.165) is 41.2 Å². The van der Waals surface area contributed by atoms with E-state index in [9.17, 15) is 0 Å². The minimum Gasteiger partial charge on any atom is -0.398 e. The van der Waals surface area contributed by atoms with Crippen LogP contribution in [-0.2, 0) is 4.74 Å². The second kappa shape index (κ2) is 3.17. The minimum absolute atomic E-state index is 0.642. The number of anilines is 1. The molecule has 4 bridgehead atoms. The number of rotatable bonds is 0. The van der Waals surface area contributed by atoms with Crippen molar-refractivity contribution in [3.63, 3.8) is 0 Å². The van der Waals surface area contributed by atoms with Crippen molar-refractivity contribution in [1.29, 1.82) is 0 Å². The second-order valence-electron chi connectivity index (χ2n) is 8.35. The van der Waals surface area contributed by atoms with Gasteiger partial charge in [-0.25, -0.2) is 0 Å². The summed E-state index contributed by atoms with van der Waals surface area (Å²) < 4.78 is 5.98. The van der Waals surface area contributed by atoms with Crippen molar-refractivity contribution in [2.24, 2.45) is 23.7 Å². The van der Waals surface area contributed by atoms with Crippen LogP contribution in [0, 0.1) is 44.4 Å². The number of benzene rings is 1. The molecule has 2 nitrogen and oxygen atoms in total. The summed E-state index contributed by atoms with van der Waals surface area (Å²) in [6.45, 7) is 6.78. The fourth-order valence-electron chi connectivity index (χ4n) is 7.26. The summed E-state index contributed by atoms with van der Waals surface area (Å²) in [6, 6.07) is 0. The summed E-state index contributed by atoms with van der Waals surface area (Å²) in [5.41, 5.74) is 15.1. The van der Waals surface area contributed by atoms with Gasteiger partial charge in [-0.1, -0.05) is 0 Å². The zero-order chi connectivity index (χ0) is 14.2. The highest BCUT2D eigenvalue weighted by Crippen LogP contribution is 2.75. The molecule has 0 spiro atoms. The van der Waals surface area contributed by atoms with Crippen LogP contribution in [0.5, 0.6) is 0 Å². The second-order valence-corrected chi connectivity index (χ2v) is 8.35. The Labute approximate surface area is 126 Å². The molecule has 2 heteroatoms. The normalized spacial score (nSPS) is 50.2. The van der Waals surface area contributed by atoms with Gasteiger partial charge in [-0.3, -0.25) is 0 Å². The van der Waals surface area contributed by atoms with Crippen LogP contribution in [0.25, 0.3) is 0 Å². The third-order valence-electron chi connectivity index (χ3n) is 8.03. The van der Waals surface area contributed by atoms with Crippen molar-refractivity contribution in [2.75, 3.05) is 5.73 Å². The number of hydrogen-bond acceptors (Lipinski definition) is 2. The van der Waals surface area contributed by atoms with E-state index in [-0.39, 0.29) is 0 Å². The summed E-state index contributed by atoms with van der Waals surface area (Å²) in [5, 5.41) is 0. The van der Waals surface area contributed by atoms with Crippen LogP contribution in [0.4, 0.5) is 5.69 Å². The van der Waals surface area contributed by atoms with E-state index in [1.807, 2.05) is 0 Å². The number of fused-ring (bicyclic) bond motifs is 15. The molecule has 6 rings (SSSR count). The summed E-state index contributed by atoms with van der Waals surface area (Å²) in [4.78, 5) is 0. The van der Waals surface area contributed by atoms with Crippen molar-refractivity contribution >= 4 is 5.69 Å². The van der Waals surface area contributed by atoms with E-state index in [1.54, 1.807) is 11.1 Å². The molecule has 1 aromatic carbocycles. The molecule has 1 heterocycles. The average molecular weight is 281 g/mol. The molecule has 0 aromatic heterocycles. The molecule has 0 radical (unpaired) electrons. The molecule has 5 aliphatic rings. The Hall–Kier alpha value is -1.02. The first kappa shape index (κ1) is 11.5. The lowest BCUT2D eigenvalue weighted by Crippen LogP contribution is -2.32. The number of ether oxygens (including phenoxy) is 1. The van der Waals surface area contributed by atoms with E-state index in [1.165, 1.54) is 29.5 Å². The van der Waals surface area contributed by atoms with Crippen molar-refractivity contribution in [3.8, 4) is 0 Å². The first-order valence-electron chi connectivity index (χ1n) is 8.64. The quantitative estimate of drug-likeness (QED) is 0.449. The predicted octanol–water partition coefficient (Wildman–Crippen LogP) is 3.43. The molecule has 110 valence electrons. The van der Waals surface area contributed by atoms with Crippen LogP contribution < -0.4 is 5.73 Å². The Morgan fingerprint density at radius 1 is 0.810 bits per heavy atom. The summed E-state index contributed by atoms with van der Waals surface area (Å²) in [7, 11) is 0. The molecular formula is C19H23NO. The molecule has 8 atom stereocenters. The van der Waals surface area contributed by atoms with Crippen LogP contribution in [0.2, 0.25) is 0 Å². The predicted molar refractivity (Wildman–Crippen MR) is 82.4 cm³/mol. The molecule has 1 aromatic rings. The Bertz CT molecular complexity index is 651. The number of hydrogen-bond donors (Lipinski definition) is 1. The monoisotopic (exact) mass is 281 g/mol. The highest BCUT2D eigenvalue weighted by atomic mass is 16.6. The third-order valence-corrected chi connectivity index (χ3v) is 8.03. The third kappa shape index (κ3) is 1.03. The molecule has 3 saturated carbocycles. The number of nitrogens with two attached hydrogens (primary N) is 1. The standard InChI is InChI=1S/C19H23NO/c1-6-7(2)17(20)8(3)14-10-4-9(13(6)14)15-11-5-12(16(10)15)19-18(11)21-19/h9-12,15-16,18-19H,4-5,20H2,1-3H3. The Morgan fingerprint density at radius 3 is 2.00 bits per heavy atom. The molecule has 2 N–H and O–H groups in total. The maximum absolute atomic E-state index is 6.41. The first-order chi connectivity index (χ1) is 10.1. The van der Waals surface area contributed by atoms with Gasteiger partial charge in [0.2, 0.25) is 0 Å². The topological polar surface area (TPSA) is 38.5 Å². The van der Waals surface area contributed by atoms with Crippen LogP contribution >= 0.6 is 0 Å². The van der Waals surface area contributed by atoms with E-state index in [2.05, 4.69) is 20.8 Å². The van der Waals surface area contributed by atoms with Gasteiger partial charge in [0, 0.05) is 5.69 Å². The summed E-state index contributed by atoms with van der Waals surface area (Å²) in [6.07, 6.45) is 4.15. The van der Waals surface area contributed by atoms with Crippen LogP contribution in [0.1, 0.15) is 52.5 Å². The fourth-order valence-corrected chi connectivity index (χ4v) is 7.26. The Balaban J connectivity index is 1.60. The van der Waals surface area contributed by atoms with Crippen LogP contribution in [0.3, 0.4) is 0 Å². The largest absolute Gasteiger partial charge is 0.398 e. The minimum atomic E-state index is 0.642. The number of nitrogen functional groups attached to an aromatic ring is 1. The van der Waals surface area contributed by atoms with Gasteiger partial charge in [0.25, 0.3) is 0 Å². The van der Waals surface area contributed by atoms with E-state index >= 15 is 0 Å². The Kier molecular flexibility index (Phi) is 1.74. The van der Waals surface area contributed by atoms with Gasteiger partial charge in [-0.05, 0) is 96.9 Å². The molecule has 0 amide bonds. The van der Waals surface area contributed by atoms with E-state index in [4.69, 9.17) is 10.5 Å². The zero-order valence-electron chi connectivity index (χ0n) is 13.0. The Morgan fingerprint density at radius 2 is 1.38 bits per heavy atom. The van der Waals surface area contributed by atoms with Gasteiger partial charge in [0.1, 0.15) is 0 Å². The van der Waals surface area contributed by atoms with Gasteiger partial charge in [-0.2, -0.15) is 0 Å². The molecule has 4 fully saturated rings. The highest BCUT2D eigenvalue weighted by molar-refractivity contribution is 5.67. The smallest absolute Gasteiger partial charge is 0.0876 e. The fraction of sp³-hybridized carbons (Fsp3) is 0.684. The highest BCUT2D eigenvalue weighted by Gasteiger charge is 2.73. The zero-order valence-corrected chi connectivity index (χ0v) is 13.0. The molecule has 8 unspecified atom stereocenters. The van der Waals surface area contributed by atoms with Crippen molar-refractivity contribution < 1.29 is 4.74 Å². The van der Waals surface area contributed by atoms with Crippen molar-refractivity contribution in [1.82, 2.24) is 0 Å². The van der Waals surface area contributed by atoms with Crippen molar-refractivity contribution in [2.45, 2.75) is 57.7 Å². The molecule has 1 aliphatic heterocycles. The molecule has 4 aliphatic carbocycles. The van der Waals surface area contributed by atoms with Gasteiger partial charge in [0.15, 0.2) is 0 Å². The summed E-state index contributed by atoms with van der Waals surface area (Å²) >= 11 is 0. The maximum atomic E-state index is 6.41. The number of epoxide rings is 1. The van der Waals surface area contributed by atoms with Crippen LogP contribution in [0.15, 0.2) is 0 Å². The van der Waals surface area contributed by atoms with E-state index in [0.29, 0.717) is 12.2 Å².